The van der Waals surface area contributed by atoms with E-state index < -0.39 is 29.4 Å². The van der Waals surface area contributed by atoms with Crippen molar-refractivity contribution in [2.75, 3.05) is 0 Å². The van der Waals surface area contributed by atoms with E-state index in [1.807, 2.05) is 0 Å². The average molecular weight is 484 g/mol. The van der Waals surface area contributed by atoms with Gasteiger partial charge in [0.05, 0.1) is 4.92 Å². The van der Waals surface area contributed by atoms with Gasteiger partial charge in [-0.2, -0.15) is 8.78 Å². The lowest BCUT2D eigenvalue weighted by molar-refractivity contribution is -0.384. The molecule has 0 N–H and O–H groups in total. The van der Waals surface area contributed by atoms with Gasteiger partial charge in [-0.05, 0) is 62.7 Å². The highest BCUT2D eigenvalue weighted by Crippen LogP contribution is 2.25. The molecule has 0 unspecified atom stereocenters. The van der Waals surface area contributed by atoms with E-state index in [0.29, 0.717) is 22.5 Å². The normalized spacial score (nSPS) is 12.1. The molecule has 1 heterocycles. The number of nitro groups is 1. The molecule has 0 aliphatic heterocycles. The maximum atomic E-state index is 13.0. The lowest BCUT2D eigenvalue weighted by Gasteiger charge is -2.13. The van der Waals surface area contributed by atoms with Crippen molar-refractivity contribution in [3.05, 3.63) is 93.3 Å². The van der Waals surface area contributed by atoms with Gasteiger partial charge in [0, 0.05) is 40.8 Å². The van der Waals surface area contributed by atoms with E-state index in [-0.39, 0.29) is 11.4 Å². The second-order valence-electron chi connectivity index (χ2n) is 7.62. The van der Waals surface area contributed by atoms with Crippen molar-refractivity contribution in [3.63, 3.8) is 0 Å². The van der Waals surface area contributed by atoms with Gasteiger partial charge in [-0.3, -0.25) is 14.9 Å². The zero-order valence-electron chi connectivity index (χ0n) is 19.1. The number of ketones is 1. The molecule has 0 aliphatic carbocycles. The molecule has 0 fully saturated rings. The maximum absolute atomic E-state index is 13.0. The van der Waals surface area contributed by atoms with Gasteiger partial charge in [0.1, 0.15) is 5.75 Å². The third-order valence-corrected chi connectivity index (χ3v) is 5.17. The topological polar surface area (TPSA) is 101 Å². The molecule has 3 aromatic rings. The number of carbonyl (C=O) groups excluding carboxylic acids is 2. The van der Waals surface area contributed by atoms with Gasteiger partial charge >= 0.3 is 12.6 Å². The predicted molar refractivity (Wildman–Crippen MR) is 124 cm³/mol. The summed E-state index contributed by atoms with van der Waals surface area (Å²) in [6, 6.07) is 13.4. The van der Waals surface area contributed by atoms with Gasteiger partial charge in [0.15, 0.2) is 6.10 Å². The largest absolute Gasteiger partial charge is 0.451 e. The van der Waals surface area contributed by atoms with Crippen molar-refractivity contribution in [1.29, 1.82) is 0 Å². The Hall–Kier alpha value is -4.34. The van der Waals surface area contributed by atoms with E-state index in [1.54, 1.807) is 42.7 Å². The number of alkyl halides is 2. The smallest absolute Gasteiger partial charge is 0.387 e. The summed E-state index contributed by atoms with van der Waals surface area (Å²) in [6.07, 6.45) is 1.36. The van der Waals surface area contributed by atoms with Gasteiger partial charge in [0.25, 0.3) is 5.69 Å². The third kappa shape index (κ3) is 6.17. The van der Waals surface area contributed by atoms with Crippen LogP contribution < -0.4 is 4.74 Å². The van der Waals surface area contributed by atoms with E-state index in [9.17, 15) is 28.5 Å². The molecule has 2 aromatic carbocycles. The van der Waals surface area contributed by atoms with Gasteiger partial charge in [-0.1, -0.05) is 12.1 Å². The predicted octanol–water partition coefficient (Wildman–Crippen LogP) is 5.43. The summed E-state index contributed by atoms with van der Waals surface area (Å²) in [5, 5.41) is 10.9. The Bertz CT molecular complexity index is 1280. The minimum absolute atomic E-state index is 0.0150. The van der Waals surface area contributed by atoms with Crippen LogP contribution >= 0.6 is 0 Å². The van der Waals surface area contributed by atoms with Crippen molar-refractivity contribution in [2.45, 2.75) is 33.5 Å². The standard InChI is InChI=1S/C25H22F2N2O6/c1-15-13-22(16(2)28(15)19-8-10-21(11-9-19)35-25(26)27)24(31)17(3)34-23(30)12-7-18-5-4-6-20(14-18)29(32)33/h4-14,17,25H,1-3H3/b12-7+/t17-/m0/s1. The fraction of sp³-hybridized carbons (Fsp3) is 0.200. The number of hydrogen-bond donors (Lipinski definition) is 0. The third-order valence-electron chi connectivity index (χ3n) is 5.17. The SMILES string of the molecule is Cc1cc(C(=O)[C@H](C)OC(=O)/C=C/c2cccc([N+](=O)[O-])c2)c(C)n1-c1ccc(OC(F)F)cc1. The number of carbonyl (C=O) groups is 2. The van der Waals surface area contributed by atoms with Crippen molar-refractivity contribution in [2.24, 2.45) is 0 Å². The Balaban J connectivity index is 1.71. The molecule has 8 nitrogen and oxygen atoms in total. The molecule has 0 bridgehead atoms. The molecule has 1 aromatic heterocycles. The van der Waals surface area contributed by atoms with Crippen LogP contribution in [0.15, 0.2) is 60.7 Å². The van der Waals surface area contributed by atoms with E-state index >= 15 is 0 Å². The second-order valence-corrected chi connectivity index (χ2v) is 7.62. The number of halogens is 2. The van der Waals surface area contributed by atoms with Gasteiger partial charge in [-0.25, -0.2) is 4.79 Å². The van der Waals surface area contributed by atoms with E-state index in [4.69, 9.17) is 4.74 Å². The Morgan fingerprint density at radius 2 is 1.77 bits per heavy atom. The van der Waals surface area contributed by atoms with Crippen molar-refractivity contribution in [1.82, 2.24) is 4.57 Å². The lowest BCUT2D eigenvalue weighted by atomic mass is 10.1. The number of hydrogen-bond acceptors (Lipinski definition) is 6. The molecule has 0 amide bonds. The minimum atomic E-state index is -2.93. The first-order valence-electron chi connectivity index (χ1n) is 10.5. The molecule has 0 radical (unpaired) electrons. The molecule has 0 saturated carbocycles. The Morgan fingerprint density at radius 3 is 2.40 bits per heavy atom. The number of aromatic nitrogens is 1. The summed E-state index contributed by atoms with van der Waals surface area (Å²) < 4.78 is 36.1. The molecule has 1 atom stereocenters. The molecule has 0 aliphatic rings. The lowest BCUT2D eigenvalue weighted by Crippen LogP contribution is -2.24. The Kier molecular flexibility index (Phi) is 7.75. The number of nitrogens with zero attached hydrogens (tertiary/aromatic N) is 2. The second kappa shape index (κ2) is 10.7. The first-order valence-corrected chi connectivity index (χ1v) is 10.5. The summed E-state index contributed by atoms with van der Waals surface area (Å²) in [4.78, 5) is 35.5. The highest BCUT2D eigenvalue weighted by Gasteiger charge is 2.24. The van der Waals surface area contributed by atoms with Crippen molar-refractivity contribution < 1.29 is 32.8 Å². The highest BCUT2D eigenvalue weighted by molar-refractivity contribution is 6.02. The fourth-order valence-corrected chi connectivity index (χ4v) is 3.58. The monoisotopic (exact) mass is 484 g/mol. The van der Waals surface area contributed by atoms with Gasteiger partial charge in [0.2, 0.25) is 5.78 Å². The molecule has 182 valence electrons. The van der Waals surface area contributed by atoms with Gasteiger partial charge < -0.3 is 14.0 Å². The quantitative estimate of drug-likeness (QED) is 0.132. The molecular weight excluding hydrogens is 462 g/mol. The molecular formula is C25H22F2N2O6. The fourth-order valence-electron chi connectivity index (χ4n) is 3.58. The van der Waals surface area contributed by atoms with E-state index in [2.05, 4.69) is 4.74 Å². The highest BCUT2D eigenvalue weighted by atomic mass is 19.3. The maximum Gasteiger partial charge on any atom is 0.387 e. The zero-order chi connectivity index (χ0) is 25.7. The first-order chi connectivity index (χ1) is 16.6. The Morgan fingerprint density at radius 1 is 1.09 bits per heavy atom. The number of ether oxygens (including phenoxy) is 2. The van der Waals surface area contributed by atoms with E-state index in [0.717, 1.165) is 11.8 Å². The summed E-state index contributed by atoms with van der Waals surface area (Å²) in [7, 11) is 0. The van der Waals surface area contributed by atoms with Crippen LogP contribution in [0.25, 0.3) is 11.8 Å². The van der Waals surface area contributed by atoms with Crippen LogP contribution in [-0.2, 0) is 9.53 Å². The van der Waals surface area contributed by atoms with Crippen LogP contribution in [0.4, 0.5) is 14.5 Å². The average Bonchev–Trinajstić information content (AvgIpc) is 3.11. The number of nitro benzene ring substituents is 1. The summed E-state index contributed by atoms with van der Waals surface area (Å²) in [5.74, 6) is -1.18. The molecule has 3 rings (SSSR count). The number of esters is 1. The Labute approximate surface area is 199 Å². The van der Waals surface area contributed by atoms with Gasteiger partial charge in [-0.15, -0.1) is 0 Å². The number of rotatable bonds is 9. The zero-order valence-corrected chi connectivity index (χ0v) is 19.1. The first kappa shape index (κ1) is 25.3. The minimum Gasteiger partial charge on any atom is -0.451 e. The van der Waals surface area contributed by atoms with Crippen LogP contribution in [0, 0.1) is 24.0 Å². The number of aryl methyl sites for hydroxylation is 1. The summed E-state index contributed by atoms with van der Waals surface area (Å²) in [6.45, 7) is 2.03. The van der Waals surface area contributed by atoms with Crippen LogP contribution in [0.2, 0.25) is 0 Å². The molecule has 0 saturated heterocycles. The summed E-state index contributed by atoms with van der Waals surface area (Å²) in [5.41, 5.74) is 2.62. The molecule has 35 heavy (non-hydrogen) atoms. The molecule has 0 spiro atoms. The van der Waals surface area contributed by atoms with Crippen LogP contribution in [0.5, 0.6) is 5.75 Å². The number of non-ortho nitro benzene ring substituents is 1. The summed E-state index contributed by atoms with van der Waals surface area (Å²) >= 11 is 0. The van der Waals surface area contributed by atoms with Crippen LogP contribution in [0.3, 0.4) is 0 Å². The van der Waals surface area contributed by atoms with E-state index in [1.165, 1.54) is 43.3 Å². The number of benzene rings is 2. The van der Waals surface area contributed by atoms with Crippen molar-refractivity contribution >= 4 is 23.5 Å². The number of Topliss-reactive ketones (excluding diaryl/α,β-unsaturated/α-hetero) is 1. The van der Waals surface area contributed by atoms with Crippen LogP contribution in [0.1, 0.15) is 34.2 Å². The van der Waals surface area contributed by atoms with Crippen molar-refractivity contribution in [3.8, 4) is 11.4 Å². The molecule has 10 heteroatoms. The van der Waals surface area contributed by atoms with Crippen LogP contribution in [-0.4, -0.2) is 34.0 Å².